The third-order valence-corrected chi connectivity index (χ3v) is 3.08. The summed E-state index contributed by atoms with van der Waals surface area (Å²) >= 11 is 11.4. The molecule has 0 saturated heterocycles. The second-order valence-electron chi connectivity index (χ2n) is 4.08. The zero-order valence-corrected chi connectivity index (χ0v) is 10.3. The topological polar surface area (TPSA) is 12.0 Å². The van der Waals surface area contributed by atoms with Gasteiger partial charge in [0.2, 0.25) is 0 Å². The summed E-state index contributed by atoms with van der Waals surface area (Å²) < 4.78 is 13.5. The molecule has 0 aliphatic heterocycles. The molecule has 0 spiro atoms. The molecule has 84 valence electrons. The van der Waals surface area contributed by atoms with Gasteiger partial charge in [-0.15, -0.1) is 11.6 Å². The van der Waals surface area contributed by atoms with Gasteiger partial charge < -0.3 is 5.32 Å². The van der Waals surface area contributed by atoms with Gasteiger partial charge in [-0.05, 0) is 19.9 Å². The first-order chi connectivity index (χ1) is 6.96. The van der Waals surface area contributed by atoms with Crippen molar-refractivity contribution in [1.29, 1.82) is 0 Å². The lowest BCUT2D eigenvalue weighted by atomic mass is 10.1. The fourth-order valence-electron chi connectivity index (χ4n) is 1.07. The van der Waals surface area contributed by atoms with E-state index in [1.54, 1.807) is 12.1 Å². The average molecular weight is 250 g/mol. The molecule has 0 aliphatic carbocycles. The Hall–Kier alpha value is -0.310. The maximum absolute atomic E-state index is 13.5. The van der Waals surface area contributed by atoms with Crippen LogP contribution in [0.5, 0.6) is 0 Å². The lowest BCUT2D eigenvalue weighted by Crippen LogP contribution is -2.40. The molecule has 1 rings (SSSR count). The second kappa shape index (κ2) is 5.15. The number of hydrogen-bond donors (Lipinski definition) is 1. The van der Waals surface area contributed by atoms with Crippen LogP contribution in [0.2, 0.25) is 5.02 Å². The highest BCUT2D eigenvalue weighted by atomic mass is 35.5. The molecule has 0 amide bonds. The smallest absolute Gasteiger partial charge is 0.146 e. The Bertz CT molecular complexity index is 339. The van der Waals surface area contributed by atoms with E-state index in [9.17, 15) is 4.39 Å². The fraction of sp³-hybridized carbons (Fsp3) is 0.455. The Morgan fingerprint density at radius 3 is 2.67 bits per heavy atom. The lowest BCUT2D eigenvalue weighted by Gasteiger charge is -2.23. The lowest BCUT2D eigenvalue weighted by molar-refractivity contribution is 0.423. The molecular formula is C11H14Cl2FN. The highest BCUT2D eigenvalue weighted by molar-refractivity contribution is 6.30. The van der Waals surface area contributed by atoms with E-state index in [2.05, 4.69) is 5.32 Å². The average Bonchev–Trinajstić information content (AvgIpc) is 2.20. The summed E-state index contributed by atoms with van der Waals surface area (Å²) in [6.45, 7) is 4.34. The van der Waals surface area contributed by atoms with Crippen LogP contribution in [0.4, 0.5) is 4.39 Å². The number of hydrogen-bond acceptors (Lipinski definition) is 1. The predicted octanol–water partition coefficient (Wildman–Crippen LogP) is 3.59. The van der Waals surface area contributed by atoms with E-state index in [-0.39, 0.29) is 16.4 Å². The normalized spacial score (nSPS) is 11.8. The zero-order valence-electron chi connectivity index (χ0n) is 8.78. The summed E-state index contributed by atoms with van der Waals surface area (Å²) in [5.74, 6) is 0.104. The van der Waals surface area contributed by atoms with Crippen LogP contribution < -0.4 is 5.32 Å². The predicted molar refractivity (Wildman–Crippen MR) is 63.0 cm³/mol. The molecule has 0 saturated carbocycles. The van der Waals surface area contributed by atoms with Gasteiger partial charge in [0.15, 0.2) is 0 Å². The van der Waals surface area contributed by atoms with E-state index in [0.717, 1.165) is 0 Å². The molecule has 15 heavy (non-hydrogen) atoms. The highest BCUT2D eigenvalue weighted by Gasteiger charge is 2.16. The van der Waals surface area contributed by atoms with Crippen LogP contribution in [0.15, 0.2) is 18.2 Å². The zero-order chi connectivity index (χ0) is 11.5. The minimum absolute atomic E-state index is 0.151. The van der Waals surface area contributed by atoms with Gasteiger partial charge >= 0.3 is 0 Å². The number of benzene rings is 1. The van der Waals surface area contributed by atoms with Gasteiger partial charge in [0, 0.05) is 23.5 Å². The molecule has 0 bridgehead atoms. The first kappa shape index (κ1) is 12.8. The molecule has 0 atom stereocenters. The minimum Gasteiger partial charge on any atom is -0.306 e. The molecule has 0 aliphatic rings. The summed E-state index contributed by atoms with van der Waals surface area (Å²) in [5.41, 5.74) is 0.344. The molecule has 1 nitrogen and oxygen atoms in total. The molecule has 1 aromatic carbocycles. The molecule has 1 N–H and O–H groups in total. The fourth-order valence-corrected chi connectivity index (χ4v) is 1.36. The van der Waals surface area contributed by atoms with Gasteiger partial charge in [-0.1, -0.05) is 23.7 Å². The molecular weight excluding hydrogens is 236 g/mol. The van der Waals surface area contributed by atoms with Crippen molar-refractivity contribution >= 4 is 23.2 Å². The maximum atomic E-state index is 13.5. The van der Waals surface area contributed by atoms with Crippen molar-refractivity contribution in [3.05, 3.63) is 34.6 Å². The quantitative estimate of drug-likeness (QED) is 0.805. The van der Waals surface area contributed by atoms with Crippen molar-refractivity contribution in [1.82, 2.24) is 5.32 Å². The van der Waals surface area contributed by atoms with Crippen LogP contribution >= 0.6 is 23.2 Å². The van der Waals surface area contributed by atoms with Gasteiger partial charge in [0.1, 0.15) is 5.82 Å². The molecule has 0 fully saturated rings. The maximum Gasteiger partial charge on any atom is 0.146 e. The van der Waals surface area contributed by atoms with Crippen LogP contribution in [-0.2, 0) is 6.54 Å². The second-order valence-corrected chi connectivity index (χ2v) is 4.76. The van der Waals surface area contributed by atoms with Crippen LogP contribution in [0.3, 0.4) is 0 Å². The standard InChI is InChI=1S/C11H14Cl2FN/c1-11(2,7-12)15-6-8-4-3-5-9(13)10(8)14/h3-5,15H,6-7H2,1-2H3. The first-order valence-electron chi connectivity index (χ1n) is 4.70. The Kier molecular flexibility index (Phi) is 4.38. The Labute approximate surface area is 99.6 Å². The van der Waals surface area contributed by atoms with E-state index in [0.29, 0.717) is 18.0 Å². The van der Waals surface area contributed by atoms with Crippen LogP contribution in [-0.4, -0.2) is 11.4 Å². The largest absolute Gasteiger partial charge is 0.306 e. The number of halogens is 3. The van der Waals surface area contributed by atoms with Crippen molar-refractivity contribution in [3.8, 4) is 0 Å². The third kappa shape index (κ3) is 3.63. The van der Waals surface area contributed by atoms with Crippen LogP contribution in [0, 0.1) is 5.82 Å². The molecule has 0 aromatic heterocycles. The van der Waals surface area contributed by atoms with Gasteiger partial charge in [-0.2, -0.15) is 0 Å². The van der Waals surface area contributed by atoms with Crippen LogP contribution in [0.1, 0.15) is 19.4 Å². The third-order valence-electron chi connectivity index (χ3n) is 2.12. The molecule has 0 heterocycles. The van der Waals surface area contributed by atoms with Gasteiger partial charge in [0.05, 0.1) is 5.02 Å². The molecule has 0 unspecified atom stereocenters. The summed E-state index contributed by atoms with van der Waals surface area (Å²) in [5, 5.41) is 3.31. The van der Waals surface area contributed by atoms with E-state index in [1.807, 2.05) is 13.8 Å². The number of nitrogens with one attached hydrogen (secondary N) is 1. The SMILES string of the molecule is CC(C)(CCl)NCc1cccc(Cl)c1F. The van der Waals surface area contributed by atoms with E-state index in [4.69, 9.17) is 23.2 Å². The first-order valence-corrected chi connectivity index (χ1v) is 5.61. The molecule has 0 radical (unpaired) electrons. The van der Waals surface area contributed by atoms with E-state index >= 15 is 0 Å². The van der Waals surface area contributed by atoms with Crippen LogP contribution in [0.25, 0.3) is 0 Å². The van der Waals surface area contributed by atoms with Gasteiger partial charge in [0.25, 0.3) is 0 Å². The van der Waals surface area contributed by atoms with Crippen molar-refractivity contribution < 1.29 is 4.39 Å². The Balaban J connectivity index is 2.70. The number of rotatable bonds is 4. The van der Waals surface area contributed by atoms with E-state index < -0.39 is 0 Å². The molecule has 1 aromatic rings. The highest BCUT2D eigenvalue weighted by Crippen LogP contribution is 2.18. The summed E-state index contributed by atoms with van der Waals surface area (Å²) in [7, 11) is 0. The Morgan fingerprint density at radius 1 is 1.40 bits per heavy atom. The van der Waals surface area contributed by atoms with E-state index in [1.165, 1.54) is 6.07 Å². The summed E-state index contributed by atoms with van der Waals surface area (Å²) in [6, 6.07) is 4.97. The van der Waals surface area contributed by atoms with Gasteiger partial charge in [-0.3, -0.25) is 0 Å². The minimum atomic E-state index is -0.364. The summed E-state index contributed by atoms with van der Waals surface area (Å²) in [4.78, 5) is 0. The van der Waals surface area contributed by atoms with Gasteiger partial charge in [-0.25, -0.2) is 4.39 Å². The molecule has 4 heteroatoms. The monoisotopic (exact) mass is 249 g/mol. The summed E-state index contributed by atoms with van der Waals surface area (Å²) in [6.07, 6.45) is 0. The van der Waals surface area contributed by atoms with Crippen molar-refractivity contribution in [3.63, 3.8) is 0 Å². The van der Waals surface area contributed by atoms with Crippen molar-refractivity contribution in [2.45, 2.75) is 25.9 Å². The van der Waals surface area contributed by atoms with Crippen molar-refractivity contribution in [2.24, 2.45) is 0 Å². The Morgan fingerprint density at radius 2 is 2.07 bits per heavy atom. The number of alkyl halides is 1. The van der Waals surface area contributed by atoms with Crippen molar-refractivity contribution in [2.75, 3.05) is 5.88 Å².